The highest BCUT2D eigenvalue weighted by molar-refractivity contribution is 7.17. The normalized spacial score (nSPS) is 11.6. The van der Waals surface area contributed by atoms with Crippen molar-refractivity contribution in [3.8, 4) is 22.2 Å². The van der Waals surface area contributed by atoms with Gasteiger partial charge in [0.15, 0.2) is 11.5 Å². The molecule has 1 amide bonds. The molecule has 8 heteroatoms. The largest absolute Gasteiger partial charge is 0.493 e. The summed E-state index contributed by atoms with van der Waals surface area (Å²) in [6, 6.07) is 14.9. The third kappa shape index (κ3) is 5.35. The number of nitrogens with zero attached hydrogens (tertiary/aromatic N) is 3. The number of carbonyl (C=O) groups excluding carboxylic acids is 1. The molecule has 168 valence electrons. The maximum absolute atomic E-state index is 13.0. The number of thiazole rings is 1. The first-order valence-corrected chi connectivity index (χ1v) is 11.3. The van der Waals surface area contributed by atoms with E-state index in [4.69, 9.17) is 9.47 Å². The van der Waals surface area contributed by atoms with Gasteiger partial charge in [0, 0.05) is 18.6 Å². The predicted octanol–water partition coefficient (Wildman–Crippen LogP) is 4.99. The number of ether oxygens (including phenoxy) is 2. The summed E-state index contributed by atoms with van der Waals surface area (Å²) in [5, 5.41) is 3.78. The van der Waals surface area contributed by atoms with Gasteiger partial charge in [-0.15, -0.1) is 11.3 Å². The highest BCUT2D eigenvalue weighted by Gasteiger charge is 2.20. The number of aromatic nitrogens is 3. The van der Waals surface area contributed by atoms with Gasteiger partial charge in [-0.05, 0) is 61.4 Å². The van der Waals surface area contributed by atoms with E-state index in [1.54, 1.807) is 25.7 Å². The standard InChI is InChI=1S/C25H24N4O3S/c1-16(28-24(30)23-17(2)29-25(33-23)20-6-4-5-11-27-20)19-7-8-21(22(14-19)31-3)32-15-18-9-12-26-13-10-18/h4-14,16H,15H2,1-3H3,(H,28,30). The van der Waals surface area contributed by atoms with Gasteiger partial charge in [0.05, 0.1) is 24.5 Å². The smallest absolute Gasteiger partial charge is 0.263 e. The summed E-state index contributed by atoms with van der Waals surface area (Å²) < 4.78 is 11.4. The average Bonchev–Trinajstić information content (AvgIpc) is 3.25. The number of aryl methyl sites for hydroxylation is 1. The van der Waals surface area contributed by atoms with Crippen molar-refractivity contribution >= 4 is 17.2 Å². The van der Waals surface area contributed by atoms with Gasteiger partial charge in [0.25, 0.3) is 5.91 Å². The average molecular weight is 461 g/mol. The van der Waals surface area contributed by atoms with Crippen molar-refractivity contribution in [1.29, 1.82) is 0 Å². The molecule has 3 aromatic heterocycles. The third-order valence-electron chi connectivity index (χ3n) is 5.07. The van der Waals surface area contributed by atoms with E-state index in [-0.39, 0.29) is 11.9 Å². The first kappa shape index (κ1) is 22.4. The van der Waals surface area contributed by atoms with Crippen LogP contribution in [0.4, 0.5) is 0 Å². The monoisotopic (exact) mass is 460 g/mol. The zero-order valence-corrected chi connectivity index (χ0v) is 19.4. The van der Waals surface area contributed by atoms with Crippen LogP contribution in [0.1, 0.15) is 39.5 Å². The topological polar surface area (TPSA) is 86.2 Å². The Morgan fingerprint density at radius 1 is 1.09 bits per heavy atom. The van der Waals surface area contributed by atoms with Gasteiger partial charge >= 0.3 is 0 Å². The molecule has 0 radical (unpaired) electrons. The van der Waals surface area contributed by atoms with Crippen LogP contribution in [0.2, 0.25) is 0 Å². The Morgan fingerprint density at radius 2 is 1.91 bits per heavy atom. The number of amides is 1. The number of pyridine rings is 2. The molecule has 4 aromatic rings. The number of nitrogens with one attached hydrogen (secondary N) is 1. The third-order valence-corrected chi connectivity index (χ3v) is 6.24. The van der Waals surface area contributed by atoms with Gasteiger partial charge in [-0.2, -0.15) is 0 Å². The van der Waals surface area contributed by atoms with Crippen LogP contribution >= 0.6 is 11.3 Å². The molecule has 1 atom stereocenters. The molecule has 3 heterocycles. The summed E-state index contributed by atoms with van der Waals surface area (Å²) in [7, 11) is 1.60. The number of hydrogen-bond donors (Lipinski definition) is 1. The Kier molecular flexibility index (Phi) is 6.95. The number of carbonyl (C=O) groups is 1. The summed E-state index contributed by atoms with van der Waals surface area (Å²) in [5.41, 5.74) is 3.36. The summed E-state index contributed by atoms with van der Waals surface area (Å²) in [5.74, 6) is 1.07. The van der Waals surface area contributed by atoms with Gasteiger partial charge in [0.1, 0.15) is 16.5 Å². The molecule has 4 rings (SSSR count). The fourth-order valence-corrected chi connectivity index (χ4v) is 4.21. The van der Waals surface area contributed by atoms with Crippen molar-refractivity contribution in [3.63, 3.8) is 0 Å². The first-order valence-electron chi connectivity index (χ1n) is 10.4. The minimum Gasteiger partial charge on any atom is -0.493 e. The zero-order chi connectivity index (χ0) is 23.2. The molecule has 0 fully saturated rings. The van der Waals surface area contributed by atoms with Crippen molar-refractivity contribution in [1.82, 2.24) is 20.3 Å². The van der Waals surface area contributed by atoms with E-state index in [0.717, 1.165) is 21.8 Å². The maximum atomic E-state index is 13.0. The van der Waals surface area contributed by atoms with Gasteiger partial charge < -0.3 is 14.8 Å². The van der Waals surface area contributed by atoms with E-state index in [1.165, 1.54) is 11.3 Å². The van der Waals surface area contributed by atoms with Gasteiger partial charge in [-0.1, -0.05) is 12.1 Å². The van der Waals surface area contributed by atoms with Crippen LogP contribution in [-0.2, 0) is 6.61 Å². The molecule has 0 aliphatic rings. The predicted molar refractivity (Wildman–Crippen MR) is 128 cm³/mol. The number of benzene rings is 1. The number of methoxy groups -OCH3 is 1. The minimum atomic E-state index is -0.236. The SMILES string of the molecule is COc1cc(C(C)NC(=O)c2sc(-c3ccccn3)nc2C)ccc1OCc1ccncc1. The Morgan fingerprint density at radius 3 is 2.64 bits per heavy atom. The van der Waals surface area contributed by atoms with Crippen LogP contribution in [0, 0.1) is 6.92 Å². The van der Waals surface area contributed by atoms with E-state index >= 15 is 0 Å². The summed E-state index contributed by atoms with van der Waals surface area (Å²) in [4.78, 5) is 26.4. The second-order valence-corrected chi connectivity index (χ2v) is 8.40. The number of rotatable bonds is 8. The summed E-state index contributed by atoms with van der Waals surface area (Å²) in [6.07, 6.45) is 5.17. The molecule has 0 saturated carbocycles. The molecule has 0 saturated heterocycles. The Hall–Kier alpha value is -3.78. The Labute approximate surface area is 196 Å². The lowest BCUT2D eigenvalue weighted by molar-refractivity contribution is 0.0943. The van der Waals surface area contributed by atoms with E-state index < -0.39 is 0 Å². The van der Waals surface area contributed by atoms with Crippen LogP contribution in [0.15, 0.2) is 67.1 Å². The molecule has 0 aliphatic carbocycles. The van der Waals surface area contributed by atoms with E-state index in [2.05, 4.69) is 20.3 Å². The highest BCUT2D eigenvalue weighted by atomic mass is 32.1. The lowest BCUT2D eigenvalue weighted by Crippen LogP contribution is -2.26. The van der Waals surface area contributed by atoms with Gasteiger partial charge in [0.2, 0.25) is 0 Å². The second-order valence-electron chi connectivity index (χ2n) is 7.40. The van der Waals surface area contributed by atoms with Crippen molar-refractivity contribution in [2.45, 2.75) is 26.5 Å². The van der Waals surface area contributed by atoms with Crippen LogP contribution < -0.4 is 14.8 Å². The number of hydrogen-bond acceptors (Lipinski definition) is 7. The Bertz CT molecular complexity index is 1230. The Balaban J connectivity index is 1.45. The molecule has 0 aliphatic heterocycles. The lowest BCUT2D eigenvalue weighted by Gasteiger charge is -2.17. The zero-order valence-electron chi connectivity index (χ0n) is 18.6. The molecule has 1 aromatic carbocycles. The van der Waals surface area contributed by atoms with Crippen LogP contribution in [0.25, 0.3) is 10.7 Å². The van der Waals surface area contributed by atoms with Gasteiger partial charge in [-0.25, -0.2) is 4.98 Å². The summed E-state index contributed by atoms with van der Waals surface area (Å²) in [6.45, 7) is 4.18. The lowest BCUT2D eigenvalue weighted by atomic mass is 10.1. The van der Waals surface area contributed by atoms with Crippen molar-refractivity contribution in [2.75, 3.05) is 7.11 Å². The molecule has 1 unspecified atom stereocenters. The molecule has 0 spiro atoms. The van der Waals surface area contributed by atoms with E-state index in [1.807, 2.05) is 62.4 Å². The van der Waals surface area contributed by atoms with Gasteiger partial charge in [-0.3, -0.25) is 14.8 Å². The van der Waals surface area contributed by atoms with Crippen LogP contribution in [0.5, 0.6) is 11.5 Å². The quantitative estimate of drug-likeness (QED) is 0.399. The van der Waals surface area contributed by atoms with Crippen LogP contribution in [0.3, 0.4) is 0 Å². The van der Waals surface area contributed by atoms with Crippen molar-refractivity contribution in [3.05, 3.63) is 88.8 Å². The molecule has 7 nitrogen and oxygen atoms in total. The minimum absolute atomic E-state index is 0.170. The van der Waals surface area contributed by atoms with E-state index in [9.17, 15) is 4.79 Å². The maximum Gasteiger partial charge on any atom is 0.263 e. The highest BCUT2D eigenvalue weighted by Crippen LogP contribution is 2.32. The second kappa shape index (κ2) is 10.2. The fraction of sp³-hybridized carbons (Fsp3) is 0.200. The van der Waals surface area contributed by atoms with Crippen molar-refractivity contribution < 1.29 is 14.3 Å². The molecule has 33 heavy (non-hydrogen) atoms. The van der Waals surface area contributed by atoms with Crippen LogP contribution in [-0.4, -0.2) is 28.0 Å². The molecular weight excluding hydrogens is 436 g/mol. The van der Waals surface area contributed by atoms with Crippen molar-refractivity contribution in [2.24, 2.45) is 0 Å². The first-order chi connectivity index (χ1) is 16.0. The molecule has 1 N–H and O–H groups in total. The molecule has 0 bridgehead atoms. The molecular formula is C25H24N4O3S. The fourth-order valence-electron chi connectivity index (χ4n) is 3.26. The summed E-state index contributed by atoms with van der Waals surface area (Å²) >= 11 is 1.34. The van der Waals surface area contributed by atoms with E-state index in [0.29, 0.717) is 28.7 Å².